The minimum atomic E-state index is -0.772. The molecule has 1 aliphatic heterocycles. The minimum absolute atomic E-state index is 0.356. The molecule has 138 valence electrons. The fraction of sp³-hybridized carbons (Fsp3) is 0.500. The van der Waals surface area contributed by atoms with Gasteiger partial charge < -0.3 is 10.4 Å². The van der Waals surface area contributed by atoms with Crippen LogP contribution >= 0.6 is 0 Å². The predicted molar refractivity (Wildman–Crippen MR) is 107 cm³/mol. The van der Waals surface area contributed by atoms with E-state index in [1.807, 2.05) is 0 Å². The van der Waals surface area contributed by atoms with Gasteiger partial charge in [0.2, 0.25) is 0 Å². The summed E-state index contributed by atoms with van der Waals surface area (Å²) < 4.78 is 0. The first-order chi connectivity index (χ1) is 12.6. The second kappa shape index (κ2) is 7.17. The Morgan fingerprint density at radius 2 is 1.73 bits per heavy atom. The molecule has 2 aromatic carbocycles. The van der Waals surface area contributed by atoms with Gasteiger partial charge >= 0.3 is 0 Å². The van der Waals surface area contributed by atoms with Crippen molar-refractivity contribution in [3.63, 3.8) is 0 Å². The summed E-state index contributed by atoms with van der Waals surface area (Å²) in [6, 6.07) is 17.1. The van der Waals surface area contributed by atoms with Crippen molar-refractivity contribution in [3.05, 3.63) is 70.8 Å². The lowest BCUT2D eigenvalue weighted by atomic mass is 9.54. The van der Waals surface area contributed by atoms with Gasteiger partial charge in [0.05, 0.1) is 5.60 Å². The molecule has 2 nitrogen and oxygen atoms in total. The number of fused-ring (bicyclic) bond motifs is 1. The first-order valence-corrected chi connectivity index (χ1v) is 10.1. The maximum atomic E-state index is 12.1. The molecule has 1 saturated carbocycles. The molecule has 0 radical (unpaired) electrons. The number of hydrogen-bond acceptors (Lipinski definition) is 2. The van der Waals surface area contributed by atoms with Gasteiger partial charge in [-0.25, -0.2) is 0 Å². The van der Waals surface area contributed by atoms with Crippen LogP contribution in [0.25, 0.3) is 0 Å². The van der Waals surface area contributed by atoms with Crippen molar-refractivity contribution in [2.24, 2.45) is 17.8 Å². The average molecular weight is 350 g/mol. The second-order valence-corrected chi connectivity index (χ2v) is 8.50. The van der Waals surface area contributed by atoms with Gasteiger partial charge in [-0.2, -0.15) is 0 Å². The van der Waals surface area contributed by atoms with Crippen molar-refractivity contribution < 1.29 is 5.11 Å². The molecule has 0 bridgehead atoms. The van der Waals surface area contributed by atoms with Crippen molar-refractivity contribution in [1.82, 2.24) is 5.32 Å². The molecule has 1 heterocycles. The highest BCUT2D eigenvalue weighted by atomic mass is 16.3. The van der Waals surface area contributed by atoms with E-state index in [0.717, 1.165) is 31.0 Å². The Bertz CT molecular complexity index is 753. The minimum Gasteiger partial charge on any atom is -0.385 e. The first-order valence-electron chi connectivity index (χ1n) is 10.1. The molecule has 0 aromatic heterocycles. The van der Waals surface area contributed by atoms with Gasteiger partial charge in [-0.3, -0.25) is 0 Å². The molecule has 4 unspecified atom stereocenters. The van der Waals surface area contributed by atoms with Gasteiger partial charge in [0, 0.05) is 6.42 Å². The second-order valence-electron chi connectivity index (χ2n) is 8.50. The van der Waals surface area contributed by atoms with Crippen molar-refractivity contribution >= 4 is 0 Å². The fourth-order valence-corrected chi connectivity index (χ4v) is 5.31. The summed E-state index contributed by atoms with van der Waals surface area (Å²) >= 11 is 0. The molecule has 0 spiro atoms. The number of benzene rings is 2. The third kappa shape index (κ3) is 3.21. The molecular weight excluding hydrogens is 318 g/mol. The third-order valence-corrected chi connectivity index (χ3v) is 6.84. The zero-order valence-electron chi connectivity index (χ0n) is 16.0. The number of hydrogen-bond donors (Lipinski definition) is 2. The Labute approximate surface area is 157 Å². The Hall–Kier alpha value is -1.64. The van der Waals surface area contributed by atoms with Crippen molar-refractivity contribution in [3.8, 4) is 0 Å². The first kappa shape index (κ1) is 17.8. The molecule has 2 fully saturated rings. The Kier molecular flexibility index (Phi) is 4.90. The van der Waals surface area contributed by atoms with Gasteiger partial charge in [-0.05, 0) is 80.6 Å². The maximum absolute atomic E-state index is 12.1. The Morgan fingerprint density at radius 3 is 2.50 bits per heavy atom. The van der Waals surface area contributed by atoms with Gasteiger partial charge in [0.15, 0.2) is 0 Å². The van der Waals surface area contributed by atoms with Gasteiger partial charge in [0.25, 0.3) is 0 Å². The van der Waals surface area contributed by atoms with E-state index in [0.29, 0.717) is 18.3 Å². The van der Waals surface area contributed by atoms with Crippen LogP contribution in [0.4, 0.5) is 0 Å². The highest BCUT2D eigenvalue weighted by Gasteiger charge is 2.52. The Morgan fingerprint density at radius 1 is 1.00 bits per heavy atom. The smallest absolute Gasteiger partial charge is 0.0970 e. The van der Waals surface area contributed by atoms with Gasteiger partial charge in [0.1, 0.15) is 0 Å². The van der Waals surface area contributed by atoms with Crippen molar-refractivity contribution in [2.75, 3.05) is 13.1 Å². The van der Waals surface area contributed by atoms with Crippen LogP contribution in [-0.4, -0.2) is 18.2 Å². The molecule has 1 aliphatic carbocycles. The number of aliphatic hydroxyl groups is 1. The lowest BCUT2D eigenvalue weighted by Crippen LogP contribution is -2.51. The number of aryl methyl sites for hydroxylation is 2. The summed E-state index contributed by atoms with van der Waals surface area (Å²) in [4.78, 5) is 0. The summed E-state index contributed by atoms with van der Waals surface area (Å²) in [6.07, 6.45) is 4.31. The fourth-order valence-electron chi connectivity index (χ4n) is 5.31. The van der Waals surface area contributed by atoms with Crippen LogP contribution in [0.2, 0.25) is 0 Å². The summed E-state index contributed by atoms with van der Waals surface area (Å²) in [5.41, 5.74) is 4.06. The topological polar surface area (TPSA) is 32.3 Å². The highest BCUT2D eigenvalue weighted by Crippen LogP contribution is 2.54. The van der Waals surface area contributed by atoms with Crippen LogP contribution < -0.4 is 5.32 Å². The maximum Gasteiger partial charge on any atom is 0.0970 e. The lowest BCUT2D eigenvalue weighted by molar-refractivity contribution is -0.120. The largest absolute Gasteiger partial charge is 0.385 e. The van der Waals surface area contributed by atoms with Gasteiger partial charge in [-0.1, -0.05) is 54.1 Å². The third-order valence-electron chi connectivity index (χ3n) is 6.84. The summed E-state index contributed by atoms with van der Waals surface area (Å²) in [6.45, 7) is 6.48. The van der Waals surface area contributed by atoms with E-state index in [-0.39, 0.29) is 0 Å². The van der Waals surface area contributed by atoms with E-state index in [1.54, 1.807) is 0 Å². The van der Waals surface area contributed by atoms with Crippen LogP contribution in [0.3, 0.4) is 0 Å². The van der Waals surface area contributed by atoms with Crippen LogP contribution in [-0.2, 0) is 12.0 Å². The normalized spacial score (nSPS) is 27.7. The number of nitrogens with one attached hydrogen (secondary N) is 1. The van der Waals surface area contributed by atoms with Crippen molar-refractivity contribution in [1.29, 1.82) is 0 Å². The predicted octanol–water partition coefficient (Wildman–Crippen LogP) is 4.37. The molecule has 2 N–H and O–H groups in total. The monoisotopic (exact) mass is 349 g/mol. The molecule has 4 rings (SSSR count). The Balaban J connectivity index is 1.70. The van der Waals surface area contributed by atoms with Gasteiger partial charge in [-0.15, -0.1) is 0 Å². The van der Waals surface area contributed by atoms with Crippen LogP contribution in [0.5, 0.6) is 0 Å². The zero-order valence-corrected chi connectivity index (χ0v) is 16.0. The zero-order chi connectivity index (χ0) is 18.1. The highest BCUT2D eigenvalue weighted by molar-refractivity contribution is 5.35. The number of rotatable bonds is 4. The molecule has 0 amide bonds. The SMILES string of the molecule is Cc1ccc(CC(O)(c2ccccc2C)C2CC3CCNCCC32)cc1. The van der Waals surface area contributed by atoms with E-state index < -0.39 is 5.60 Å². The molecule has 2 aliphatic rings. The van der Waals surface area contributed by atoms with E-state index in [4.69, 9.17) is 0 Å². The summed E-state index contributed by atoms with van der Waals surface area (Å²) in [5.74, 6) is 1.78. The van der Waals surface area contributed by atoms with Crippen LogP contribution in [0, 0.1) is 31.6 Å². The van der Waals surface area contributed by atoms with E-state index in [9.17, 15) is 5.11 Å². The summed E-state index contributed by atoms with van der Waals surface area (Å²) in [7, 11) is 0. The molecule has 26 heavy (non-hydrogen) atoms. The molecular formula is C24H31NO. The van der Waals surface area contributed by atoms with E-state index >= 15 is 0 Å². The van der Waals surface area contributed by atoms with E-state index in [1.165, 1.54) is 29.5 Å². The molecule has 1 saturated heterocycles. The quantitative estimate of drug-likeness (QED) is 0.859. The van der Waals surface area contributed by atoms with E-state index in [2.05, 4.69) is 67.7 Å². The summed E-state index contributed by atoms with van der Waals surface area (Å²) in [5, 5.41) is 15.7. The van der Waals surface area contributed by atoms with Crippen LogP contribution in [0.1, 0.15) is 41.5 Å². The standard InChI is InChI=1S/C24H31NO/c1-17-7-9-19(10-8-17)16-24(26,22-6-4-3-5-18(22)2)23-15-20-11-13-25-14-12-21(20)23/h3-10,20-21,23,25-26H,11-16H2,1-2H3. The molecule has 2 heteroatoms. The molecule has 4 atom stereocenters. The average Bonchev–Trinajstić information content (AvgIpc) is 2.79. The molecule has 2 aromatic rings. The lowest BCUT2D eigenvalue weighted by Gasteiger charge is -2.53. The van der Waals surface area contributed by atoms with Crippen molar-refractivity contribution in [2.45, 2.75) is 45.1 Å². The van der Waals surface area contributed by atoms with Crippen LogP contribution in [0.15, 0.2) is 48.5 Å².